The number of nitrogens with one attached hydrogen (secondary N) is 1. The molecular formula is C13H19N3. The molecule has 3 N–H and O–H groups in total. The minimum absolute atomic E-state index is 0.318. The van der Waals surface area contributed by atoms with E-state index in [-0.39, 0.29) is 0 Å². The highest BCUT2D eigenvalue weighted by Gasteiger charge is 2.15. The van der Waals surface area contributed by atoms with Crippen molar-refractivity contribution < 1.29 is 0 Å². The molecule has 0 saturated carbocycles. The van der Waals surface area contributed by atoms with E-state index in [1.54, 1.807) is 0 Å². The Balaban J connectivity index is 2.13. The Kier molecular flexibility index (Phi) is 3.13. The summed E-state index contributed by atoms with van der Waals surface area (Å²) >= 11 is 0. The minimum Gasteiger partial charge on any atom is -0.370 e. The van der Waals surface area contributed by atoms with Gasteiger partial charge in [-0.05, 0) is 23.5 Å². The average Bonchev–Trinajstić information content (AvgIpc) is 2.29. The molecule has 0 amide bonds. The van der Waals surface area contributed by atoms with Crippen molar-refractivity contribution in [3.8, 4) is 0 Å². The molecule has 1 aromatic rings. The molecule has 1 aliphatic rings. The van der Waals surface area contributed by atoms with E-state index in [0.29, 0.717) is 17.9 Å². The second-order valence-electron chi connectivity index (χ2n) is 4.57. The number of rotatable bonds is 2. The molecular weight excluding hydrogens is 198 g/mol. The molecule has 3 nitrogen and oxygen atoms in total. The van der Waals surface area contributed by atoms with E-state index in [2.05, 4.69) is 48.4 Å². The largest absolute Gasteiger partial charge is 0.370 e. The van der Waals surface area contributed by atoms with Crippen LogP contribution in [0.15, 0.2) is 29.3 Å². The van der Waals surface area contributed by atoms with E-state index in [1.807, 2.05) is 0 Å². The summed E-state index contributed by atoms with van der Waals surface area (Å²) in [4.78, 5) is 4.13. The van der Waals surface area contributed by atoms with Crippen LogP contribution >= 0.6 is 0 Å². The molecule has 0 radical (unpaired) electrons. The number of nitrogens with zero attached hydrogens (tertiary/aromatic N) is 1. The molecule has 2 rings (SSSR count). The monoisotopic (exact) mass is 217 g/mol. The van der Waals surface area contributed by atoms with Gasteiger partial charge in [-0.3, -0.25) is 4.99 Å². The Morgan fingerprint density at radius 3 is 2.56 bits per heavy atom. The number of nitrogens with two attached hydrogens (primary N) is 1. The summed E-state index contributed by atoms with van der Waals surface area (Å²) < 4.78 is 0. The van der Waals surface area contributed by atoms with E-state index in [0.717, 1.165) is 13.0 Å². The Hall–Kier alpha value is -1.51. The molecule has 1 aliphatic heterocycles. The minimum atomic E-state index is 0.318. The van der Waals surface area contributed by atoms with E-state index in [4.69, 9.17) is 5.73 Å². The highest BCUT2D eigenvalue weighted by Crippen LogP contribution is 2.21. The van der Waals surface area contributed by atoms with E-state index in [1.165, 1.54) is 11.1 Å². The number of guanidine groups is 1. The molecule has 0 aromatic heterocycles. The van der Waals surface area contributed by atoms with Crippen LogP contribution in [-0.2, 0) is 0 Å². The normalized spacial score (nSPS) is 20.4. The van der Waals surface area contributed by atoms with Gasteiger partial charge in [0.25, 0.3) is 0 Å². The van der Waals surface area contributed by atoms with Crippen LogP contribution < -0.4 is 11.1 Å². The van der Waals surface area contributed by atoms with Crippen LogP contribution in [0.1, 0.15) is 43.4 Å². The van der Waals surface area contributed by atoms with Gasteiger partial charge in [0.15, 0.2) is 5.96 Å². The molecule has 1 aromatic carbocycles. The van der Waals surface area contributed by atoms with Gasteiger partial charge in [0.1, 0.15) is 0 Å². The van der Waals surface area contributed by atoms with Crippen molar-refractivity contribution in [2.75, 3.05) is 6.54 Å². The zero-order valence-corrected chi connectivity index (χ0v) is 9.90. The van der Waals surface area contributed by atoms with Gasteiger partial charge in [0.05, 0.1) is 6.04 Å². The Morgan fingerprint density at radius 2 is 2.00 bits per heavy atom. The summed E-state index contributed by atoms with van der Waals surface area (Å²) in [6.45, 7) is 5.23. The average molecular weight is 217 g/mol. The summed E-state index contributed by atoms with van der Waals surface area (Å²) in [7, 11) is 0. The molecule has 3 heteroatoms. The first kappa shape index (κ1) is 11.0. The Labute approximate surface area is 96.8 Å². The van der Waals surface area contributed by atoms with Crippen LogP contribution in [0.5, 0.6) is 0 Å². The fourth-order valence-electron chi connectivity index (χ4n) is 1.97. The van der Waals surface area contributed by atoms with E-state index in [9.17, 15) is 0 Å². The second-order valence-corrected chi connectivity index (χ2v) is 4.57. The van der Waals surface area contributed by atoms with Crippen molar-refractivity contribution in [2.45, 2.75) is 32.2 Å². The maximum atomic E-state index is 5.68. The molecule has 86 valence electrons. The lowest BCUT2D eigenvalue weighted by molar-refractivity contribution is 0.568. The highest BCUT2D eigenvalue weighted by atomic mass is 15.1. The lowest BCUT2D eigenvalue weighted by Crippen LogP contribution is -2.38. The van der Waals surface area contributed by atoms with Crippen molar-refractivity contribution >= 4 is 5.96 Å². The second kappa shape index (κ2) is 4.56. The van der Waals surface area contributed by atoms with Crippen molar-refractivity contribution in [1.29, 1.82) is 0 Å². The van der Waals surface area contributed by atoms with Gasteiger partial charge in [0.2, 0.25) is 0 Å². The van der Waals surface area contributed by atoms with Crippen molar-refractivity contribution in [3.63, 3.8) is 0 Å². The molecule has 0 spiro atoms. The molecule has 0 fully saturated rings. The number of benzene rings is 1. The van der Waals surface area contributed by atoms with E-state index < -0.39 is 0 Å². The SMILES string of the molecule is CC(C)c1ccc(C2CCN=C(N)N2)cc1. The first-order valence-corrected chi connectivity index (χ1v) is 5.83. The van der Waals surface area contributed by atoms with Crippen molar-refractivity contribution in [2.24, 2.45) is 10.7 Å². The van der Waals surface area contributed by atoms with Gasteiger partial charge in [-0.15, -0.1) is 0 Å². The Morgan fingerprint density at radius 1 is 1.31 bits per heavy atom. The summed E-state index contributed by atoms with van der Waals surface area (Å²) in [6.07, 6.45) is 1.02. The summed E-state index contributed by atoms with van der Waals surface area (Å²) in [6, 6.07) is 9.09. The lowest BCUT2D eigenvalue weighted by atomic mass is 9.97. The zero-order chi connectivity index (χ0) is 11.5. The maximum absolute atomic E-state index is 5.68. The van der Waals surface area contributed by atoms with Crippen LogP contribution in [0.25, 0.3) is 0 Å². The third kappa shape index (κ3) is 2.35. The summed E-state index contributed by atoms with van der Waals surface area (Å²) in [5.74, 6) is 1.14. The highest BCUT2D eigenvalue weighted by molar-refractivity contribution is 5.78. The van der Waals surface area contributed by atoms with Gasteiger partial charge in [-0.25, -0.2) is 0 Å². The molecule has 0 bridgehead atoms. The van der Waals surface area contributed by atoms with Gasteiger partial charge < -0.3 is 11.1 Å². The van der Waals surface area contributed by atoms with Crippen LogP contribution in [-0.4, -0.2) is 12.5 Å². The first-order chi connectivity index (χ1) is 7.66. The lowest BCUT2D eigenvalue weighted by Gasteiger charge is -2.23. The van der Waals surface area contributed by atoms with Crippen LogP contribution in [0.3, 0.4) is 0 Å². The van der Waals surface area contributed by atoms with Crippen molar-refractivity contribution in [3.05, 3.63) is 35.4 Å². The van der Waals surface area contributed by atoms with Crippen LogP contribution in [0.4, 0.5) is 0 Å². The van der Waals surface area contributed by atoms with E-state index >= 15 is 0 Å². The van der Waals surface area contributed by atoms with Crippen LogP contribution in [0.2, 0.25) is 0 Å². The third-order valence-corrected chi connectivity index (χ3v) is 3.03. The van der Waals surface area contributed by atoms with Gasteiger partial charge in [-0.1, -0.05) is 38.1 Å². The molecule has 0 saturated heterocycles. The molecule has 16 heavy (non-hydrogen) atoms. The quantitative estimate of drug-likeness (QED) is 0.797. The number of hydrogen-bond acceptors (Lipinski definition) is 3. The van der Waals surface area contributed by atoms with Crippen molar-refractivity contribution in [1.82, 2.24) is 5.32 Å². The van der Waals surface area contributed by atoms with Gasteiger partial charge in [0, 0.05) is 6.54 Å². The molecule has 1 atom stereocenters. The Bertz CT molecular complexity index is 379. The van der Waals surface area contributed by atoms with Gasteiger partial charge >= 0.3 is 0 Å². The fourth-order valence-corrected chi connectivity index (χ4v) is 1.97. The fraction of sp³-hybridized carbons (Fsp3) is 0.462. The van der Waals surface area contributed by atoms with Crippen LogP contribution in [0, 0.1) is 0 Å². The molecule has 1 unspecified atom stereocenters. The predicted octanol–water partition coefficient (Wildman–Crippen LogP) is 2.16. The number of aliphatic imine (C=N–C) groups is 1. The third-order valence-electron chi connectivity index (χ3n) is 3.03. The topological polar surface area (TPSA) is 50.4 Å². The molecule has 1 heterocycles. The summed E-state index contributed by atoms with van der Waals surface area (Å²) in [5, 5.41) is 3.21. The standard InChI is InChI=1S/C13H19N3/c1-9(2)10-3-5-11(6-4-10)12-7-8-15-13(14)16-12/h3-6,9,12H,7-8H2,1-2H3,(H3,14,15,16). The number of hydrogen-bond donors (Lipinski definition) is 2. The smallest absolute Gasteiger partial charge is 0.189 e. The zero-order valence-electron chi connectivity index (χ0n) is 9.90. The predicted molar refractivity (Wildman–Crippen MR) is 67.5 cm³/mol. The first-order valence-electron chi connectivity index (χ1n) is 5.83. The van der Waals surface area contributed by atoms with Gasteiger partial charge in [-0.2, -0.15) is 0 Å². The molecule has 0 aliphatic carbocycles. The summed E-state index contributed by atoms with van der Waals surface area (Å²) in [5.41, 5.74) is 8.35. The maximum Gasteiger partial charge on any atom is 0.189 e.